The van der Waals surface area contributed by atoms with Crippen LogP contribution in [0.4, 0.5) is 0 Å². The average Bonchev–Trinajstić information content (AvgIpc) is 2.79. The molecule has 1 aromatic rings. The van der Waals surface area contributed by atoms with Gasteiger partial charge >= 0.3 is 0 Å². The van der Waals surface area contributed by atoms with Crippen LogP contribution in [0, 0.1) is 0 Å². The van der Waals surface area contributed by atoms with Crippen LogP contribution < -0.4 is 5.32 Å². The molecule has 2 atom stereocenters. The smallest absolute Gasteiger partial charge is 0.268 e. The number of aliphatic hydroxyl groups excluding tert-OH is 1. The summed E-state index contributed by atoms with van der Waals surface area (Å²) in [5.41, 5.74) is 0.662. The van der Waals surface area contributed by atoms with E-state index in [1.807, 2.05) is 49.9 Å². The number of nitrogens with one attached hydrogen (secondary N) is 1. The number of hydrogen-bond donors (Lipinski definition) is 2. The van der Waals surface area contributed by atoms with Gasteiger partial charge < -0.3 is 15.0 Å². The second kappa shape index (κ2) is 6.85. The molecular weight excluding hydrogens is 248 g/mol. The van der Waals surface area contributed by atoms with Crippen LogP contribution in [0.1, 0.15) is 37.3 Å². The molecule has 0 radical (unpaired) electrons. The lowest BCUT2D eigenvalue weighted by molar-refractivity contribution is 0.0925. The first kappa shape index (κ1) is 15.1. The monoisotopic (exact) mass is 270 g/mol. The van der Waals surface area contributed by atoms with E-state index in [1.165, 1.54) is 0 Å². The number of nitrogens with zero attached hydrogens (tertiary/aromatic N) is 1. The standard InChI is InChI=1S/C13H22N2O2S/c1-9(2)15-7-5-6-11(15)13(17)14-10(3)12(8-16)18-4/h5-7,9-10,12,16H,8H2,1-4H3,(H,14,17). The molecule has 1 aromatic heterocycles. The lowest BCUT2D eigenvalue weighted by atomic mass is 10.2. The van der Waals surface area contributed by atoms with Crippen molar-refractivity contribution in [1.29, 1.82) is 0 Å². The summed E-state index contributed by atoms with van der Waals surface area (Å²) in [6.45, 7) is 6.06. The van der Waals surface area contributed by atoms with Gasteiger partial charge in [-0.3, -0.25) is 4.79 Å². The zero-order valence-corrected chi connectivity index (χ0v) is 12.2. The van der Waals surface area contributed by atoms with Crippen molar-refractivity contribution >= 4 is 17.7 Å². The molecule has 0 spiro atoms. The predicted molar refractivity (Wildman–Crippen MR) is 76.1 cm³/mol. The number of carbonyl (C=O) groups excluding carboxylic acids is 1. The van der Waals surface area contributed by atoms with Crippen molar-refractivity contribution in [1.82, 2.24) is 9.88 Å². The van der Waals surface area contributed by atoms with Crippen molar-refractivity contribution in [2.45, 2.75) is 38.1 Å². The van der Waals surface area contributed by atoms with Crippen LogP contribution in [0.5, 0.6) is 0 Å². The van der Waals surface area contributed by atoms with Gasteiger partial charge in [-0.25, -0.2) is 0 Å². The highest BCUT2D eigenvalue weighted by Gasteiger charge is 2.20. The van der Waals surface area contributed by atoms with Crippen LogP contribution in [0.3, 0.4) is 0 Å². The number of amides is 1. The molecule has 0 saturated heterocycles. The molecule has 0 aliphatic carbocycles. The van der Waals surface area contributed by atoms with E-state index in [2.05, 4.69) is 5.32 Å². The van der Waals surface area contributed by atoms with E-state index in [0.717, 1.165) is 0 Å². The summed E-state index contributed by atoms with van der Waals surface area (Å²) in [5.74, 6) is -0.0892. The Hall–Kier alpha value is -0.940. The Morgan fingerprint density at radius 1 is 1.50 bits per heavy atom. The molecule has 102 valence electrons. The van der Waals surface area contributed by atoms with E-state index >= 15 is 0 Å². The van der Waals surface area contributed by atoms with Crippen molar-refractivity contribution in [2.24, 2.45) is 0 Å². The summed E-state index contributed by atoms with van der Waals surface area (Å²) >= 11 is 1.56. The number of aliphatic hydroxyl groups is 1. The fourth-order valence-corrected chi connectivity index (χ4v) is 2.47. The zero-order valence-electron chi connectivity index (χ0n) is 11.4. The maximum Gasteiger partial charge on any atom is 0.268 e. The van der Waals surface area contributed by atoms with E-state index in [1.54, 1.807) is 11.8 Å². The van der Waals surface area contributed by atoms with Crippen molar-refractivity contribution < 1.29 is 9.90 Å². The van der Waals surface area contributed by atoms with Crippen molar-refractivity contribution in [3.63, 3.8) is 0 Å². The van der Waals surface area contributed by atoms with Gasteiger partial charge in [-0.1, -0.05) is 0 Å². The lowest BCUT2D eigenvalue weighted by Gasteiger charge is -2.22. The first-order valence-corrected chi connectivity index (χ1v) is 7.41. The third-order valence-corrected chi connectivity index (χ3v) is 4.13. The fourth-order valence-electron chi connectivity index (χ4n) is 1.85. The predicted octanol–water partition coefficient (Wildman–Crippen LogP) is 1.91. The third kappa shape index (κ3) is 3.53. The molecule has 1 amide bonds. The van der Waals surface area contributed by atoms with E-state index in [-0.39, 0.29) is 29.8 Å². The Labute approximate surface area is 113 Å². The van der Waals surface area contributed by atoms with E-state index in [0.29, 0.717) is 5.69 Å². The molecule has 0 aliphatic heterocycles. The Morgan fingerprint density at radius 2 is 2.17 bits per heavy atom. The molecule has 0 aliphatic rings. The van der Waals surface area contributed by atoms with E-state index < -0.39 is 0 Å². The van der Waals surface area contributed by atoms with Gasteiger partial charge in [0, 0.05) is 23.5 Å². The molecule has 0 saturated carbocycles. The molecule has 0 bridgehead atoms. The quantitative estimate of drug-likeness (QED) is 0.830. The topological polar surface area (TPSA) is 54.3 Å². The zero-order chi connectivity index (χ0) is 13.7. The van der Waals surface area contributed by atoms with E-state index in [9.17, 15) is 9.90 Å². The van der Waals surface area contributed by atoms with Crippen LogP contribution in [0.15, 0.2) is 18.3 Å². The van der Waals surface area contributed by atoms with Crippen LogP contribution in [-0.2, 0) is 0 Å². The highest BCUT2D eigenvalue weighted by Crippen LogP contribution is 2.13. The van der Waals surface area contributed by atoms with Crippen molar-refractivity contribution in [3.8, 4) is 0 Å². The summed E-state index contributed by atoms with van der Waals surface area (Å²) in [7, 11) is 0. The largest absolute Gasteiger partial charge is 0.395 e. The third-order valence-electron chi connectivity index (χ3n) is 2.97. The maximum absolute atomic E-state index is 12.2. The van der Waals surface area contributed by atoms with Gasteiger partial charge in [0.1, 0.15) is 5.69 Å². The van der Waals surface area contributed by atoms with Crippen LogP contribution >= 0.6 is 11.8 Å². The summed E-state index contributed by atoms with van der Waals surface area (Å²) < 4.78 is 1.94. The second-order valence-electron chi connectivity index (χ2n) is 4.61. The Morgan fingerprint density at radius 3 is 2.67 bits per heavy atom. The average molecular weight is 270 g/mol. The summed E-state index contributed by atoms with van der Waals surface area (Å²) in [6, 6.07) is 3.88. The molecule has 5 heteroatoms. The van der Waals surface area contributed by atoms with Crippen molar-refractivity contribution in [2.75, 3.05) is 12.9 Å². The first-order valence-electron chi connectivity index (χ1n) is 6.12. The molecule has 4 nitrogen and oxygen atoms in total. The minimum Gasteiger partial charge on any atom is -0.395 e. The highest BCUT2D eigenvalue weighted by molar-refractivity contribution is 7.99. The van der Waals surface area contributed by atoms with Gasteiger partial charge in [-0.2, -0.15) is 11.8 Å². The lowest BCUT2D eigenvalue weighted by Crippen LogP contribution is -2.41. The molecule has 18 heavy (non-hydrogen) atoms. The van der Waals surface area contributed by atoms with Crippen LogP contribution in [0.2, 0.25) is 0 Å². The van der Waals surface area contributed by atoms with Gasteiger partial charge in [0.25, 0.3) is 5.91 Å². The Kier molecular flexibility index (Phi) is 5.75. The number of rotatable bonds is 6. The summed E-state index contributed by atoms with van der Waals surface area (Å²) in [6.07, 6.45) is 3.84. The Bertz CT molecular complexity index is 386. The molecule has 0 fully saturated rings. The van der Waals surface area contributed by atoms with Gasteiger partial charge in [0.2, 0.25) is 0 Å². The minimum atomic E-state index is -0.0892. The van der Waals surface area contributed by atoms with Gasteiger partial charge in [-0.15, -0.1) is 0 Å². The van der Waals surface area contributed by atoms with Gasteiger partial charge in [0.05, 0.1) is 6.61 Å². The number of thioether (sulfide) groups is 1. The Balaban J connectivity index is 2.73. The molecule has 0 aromatic carbocycles. The number of hydrogen-bond acceptors (Lipinski definition) is 3. The molecule has 1 heterocycles. The van der Waals surface area contributed by atoms with Crippen LogP contribution in [-0.4, -0.2) is 39.7 Å². The van der Waals surface area contributed by atoms with Gasteiger partial charge in [0.15, 0.2) is 0 Å². The maximum atomic E-state index is 12.2. The highest BCUT2D eigenvalue weighted by atomic mass is 32.2. The number of carbonyl (C=O) groups is 1. The van der Waals surface area contributed by atoms with Gasteiger partial charge in [-0.05, 0) is 39.2 Å². The van der Waals surface area contributed by atoms with E-state index in [4.69, 9.17) is 0 Å². The first-order chi connectivity index (χ1) is 8.51. The fraction of sp³-hybridized carbons (Fsp3) is 0.615. The summed E-state index contributed by atoms with van der Waals surface area (Å²) in [5, 5.41) is 12.2. The molecular formula is C13H22N2O2S. The minimum absolute atomic E-state index is 0.0245. The molecule has 1 rings (SSSR count). The SMILES string of the molecule is CSC(CO)C(C)NC(=O)c1cccn1C(C)C. The van der Waals surface area contributed by atoms with Crippen LogP contribution in [0.25, 0.3) is 0 Å². The molecule has 2 N–H and O–H groups in total. The van der Waals surface area contributed by atoms with Crippen molar-refractivity contribution in [3.05, 3.63) is 24.0 Å². The normalized spacial score (nSPS) is 14.6. The molecule has 2 unspecified atom stereocenters. The summed E-state index contributed by atoms with van der Waals surface area (Å²) in [4.78, 5) is 12.2. The second-order valence-corrected chi connectivity index (χ2v) is 5.69. The number of aromatic nitrogens is 1.